The minimum Gasteiger partial charge on any atom is -0.489 e. The third-order valence-corrected chi connectivity index (χ3v) is 4.64. The fourth-order valence-corrected chi connectivity index (χ4v) is 2.98. The first-order valence-corrected chi connectivity index (χ1v) is 9.50. The molecule has 0 heterocycles. The highest BCUT2D eigenvalue weighted by atomic mass is 79.9. The summed E-state index contributed by atoms with van der Waals surface area (Å²) in [4.78, 5) is 2.39. The number of hydrogen-bond acceptors (Lipinski definition) is 3. The molecule has 2 aromatic rings. The third kappa shape index (κ3) is 6.77. The van der Waals surface area contributed by atoms with Crippen LogP contribution in [-0.4, -0.2) is 31.1 Å². The SMILES string of the molecule is CCN(CC)CCNCc1cc(Br)ccc1OCc1ccc(F)cc1. The molecule has 136 valence electrons. The molecule has 5 heteroatoms. The molecule has 0 unspecified atom stereocenters. The molecule has 0 aliphatic carbocycles. The molecule has 0 spiro atoms. The lowest BCUT2D eigenvalue weighted by molar-refractivity contribution is 0.295. The normalized spacial score (nSPS) is 11.1. The summed E-state index contributed by atoms with van der Waals surface area (Å²) in [5.74, 6) is 0.619. The van der Waals surface area contributed by atoms with Crippen LogP contribution in [0.5, 0.6) is 5.75 Å². The summed E-state index contributed by atoms with van der Waals surface area (Å²) in [5, 5.41) is 3.48. The number of nitrogens with zero attached hydrogens (tertiary/aromatic N) is 1. The summed E-state index contributed by atoms with van der Waals surface area (Å²) in [6.45, 7) is 9.65. The summed E-state index contributed by atoms with van der Waals surface area (Å²) in [6, 6.07) is 12.4. The first-order valence-electron chi connectivity index (χ1n) is 8.71. The van der Waals surface area contributed by atoms with E-state index in [9.17, 15) is 4.39 Å². The second-order valence-corrected chi connectivity index (χ2v) is 6.79. The first kappa shape index (κ1) is 19.9. The summed E-state index contributed by atoms with van der Waals surface area (Å²) >= 11 is 3.52. The molecule has 2 aromatic carbocycles. The molecule has 0 bridgehead atoms. The van der Waals surface area contributed by atoms with Crippen molar-refractivity contribution >= 4 is 15.9 Å². The molecule has 25 heavy (non-hydrogen) atoms. The second-order valence-electron chi connectivity index (χ2n) is 5.87. The second kappa shape index (κ2) is 10.5. The topological polar surface area (TPSA) is 24.5 Å². The van der Waals surface area contributed by atoms with E-state index < -0.39 is 0 Å². The Labute approximate surface area is 158 Å². The van der Waals surface area contributed by atoms with Gasteiger partial charge in [0.2, 0.25) is 0 Å². The van der Waals surface area contributed by atoms with Crippen molar-refractivity contribution in [3.63, 3.8) is 0 Å². The van der Waals surface area contributed by atoms with Gasteiger partial charge in [-0.3, -0.25) is 0 Å². The van der Waals surface area contributed by atoms with Gasteiger partial charge in [-0.15, -0.1) is 0 Å². The third-order valence-electron chi connectivity index (χ3n) is 4.14. The van der Waals surface area contributed by atoms with Crippen LogP contribution in [-0.2, 0) is 13.2 Å². The van der Waals surface area contributed by atoms with E-state index in [1.54, 1.807) is 12.1 Å². The van der Waals surface area contributed by atoms with Crippen LogP contribution in [0, 0.1) is 5.82 Å². The van der Waals surface area contributed by atoms with Gasteiger partial charge in [-0.05, 0) is 49.0 Å². The Morgan fingerprint density at radius 1 is 1.08 bits per heavy atom. The summed E-state index contributed by atoms with van der Waals surface area (Å²) in [6.07, 6.45) is 0. The van der Waals surface area contributed by atoms with E-state index in [-0.39, 0.29) is 5.82 Å². The highest BCUT2D eigenvalue weighted by Crippen LogP contribution is 2.24. The molecule has 2 rings (SSSR count). The minimum atomic E-state index is -0.231. The molecule has 0 aliphatic rings. The molecule has 0 atom stereocenters. The molecular formula is C20H26BrFN2O. The monoisotopic (exact) mass is 408 g/mol. The van der Waals surface area contributed by atoms with Gasteiger partial charge < -0.3 is 15.0 Å². The van der Waals surface area contributed by atoms with Crippen molar-refractivity contribution in [3.05, 3.63) is 63.9 Å². The molecule has 3 nitrogen and oxygen atoms in total. The molecule has 0 fully saturated rings. The average Bonchev–Trinajstić information content (AvgIpc) is 2.62. The predicted octanol–water partition coefficient (Wildman–Crippen LogP) is 4.60. The largest absolute Gasteiger partial charge is 0.489 e. The van der Waals surface area contributed by atoms with Crippen molar-refractivity contribution in [2.24, 2.45) is 0 Å². The van der Waals surface area contributed by atoms with E-state index >= 15 is 0 Å². The van der Waals surface area contributed by atoms with E-state index in [4.69, 9.17) is 4.74 Å². The number of halogens is 2. The van der Waals surface area contributed by atoms with E-state index in [0.717, 1.165) is 54.1 Å². The standard InChI is InChI=1S/C20H26BrFN2O/c1-3-24(4-2)12-11-23-14-17-13-18(21)7-10-20(17)25-15-16-5-8-19(22)9-6-16/h5-10,13,23H,3-4,11-12,14-15H2,1-2H3. The number of benzene rings is 2. The Hall–Kier alpha value is -1.43. The maximum Gasteiger partial charge on any atom is 0.124 e. The molecule has 0 amide bonds. The van der Waals surface area contributed by atoms with Gasteiger partial charge in [0.05, 0.1) is 0 Å². The van der Waals surface area contributed by atoms with E-state index in [1.165, 1.54) is 12.1 Å². The lowest BCUT2D eigenvalue weighted by Crippen LogP contribution is -2.31. The van der Waals surface area contributed by atoms with Gasteiger partial charge in [0, 0.05) is 29.7 Å². The zero-order valence-corrected chi connectivity index (χ0v) is 16.5. The maximum absolute atomic E-state index is 13.0. The highest BCUT2D eigenvalue weighted by Gasteiger charge is 2.06. The molecule has 0 aliphatic heterocycles. The lowest BCUT2D eigenvalue weighted by Gasteiger charge is -2.18. The van der Waals surface area contributed by atoms with Gasteiger partial charge in [-0.25, -0.2) is 4.39 Å². The van der Waals surface area contributed by atoms with Gasteiger partial charge in [-0.2, -0.15) is 0 Å². The van der Waals surface area contributed by atoms with Crippen molar-refractivity contribution < 1.29 is 9.13 Å². The number of hydrogen-bond donors (Lipinski definition) is 1. The van der Waals surface area contributed by atoms with Crippen molar-refractivity contribution in [1.29, 1.82) is 0 Å². The Bertz CT molecular complexity index is 645. The van der Waals surface area contributed by atoms with Gasteiger partial charge in [0.1, 0.15) is 18.2 Å². The summed E-state index contributed by atoms with van der Waals surface area (Å²) in [5.41, 5.74) is 2.06. The summed E-state index contributed by atoms with van der Waals surface area (Å²) < 4.78 is 20.0. The maximum atomic E-state index is 13.0. The predicted molar refractivity (Wildman–Crippen MR) is 104 cm³/mol. The summed E-state index contributed by atoms with van der Waals surface area (Å²) in [7, 11) is 0. The Kier molecular flexibility index (Phi) is 8.38. The average molecular weight is 409 g/mol. The number of rotatable bonds is 10. The van der Waals surface area contributed by atoms with Crippen molar-refractivity contribution in [2.75, 3.05) is 26.2 Å². The van der Waals surface area contributed by atoms with Crippen LogP contribution in [0.25, 0.3) is 0 Å². The van der Waals surface area contributed by atoms with Gasteiger partial charge >= 0.3 is 0 Å². The van der Waals surface area contributed by atoms with Crippen LogP contribution in [0.15, 0.2) is 46.9 Å². The van der Waals surface area contributed by atoms with Crippen LogP contribution >= 0.6 is 15.9 Å². The molecule has 0 aromatic heterocycles. The Morgan fingerprint density at radius 2 is 1.80 bits per heavy atom. The van der Waals surface area contributed by atoms with Crippen LogP contribution < -0.4 is 10.1 Å². The molecule has 0 saturated carbocycles. The smallest absolute Gasteiger partial charge is 0.124 e. The van der Waals surface area contributed by atoms with Crippen LogP contribution in [0.2, 0.25) is 0 Å². The van der Waals surface area contributed by atoms with Gasteiger partial charge in [-0.1, -0.05) is 41.9 Å². The van der Waals surface area contributed by atoms with Gasteiger partial charge in [0.15, 0.2) is 0 Å². The minimum absolute atomic E-state index is 0.231. The fraction of sp³-hybridized carbons (Fsp3) is 0.400. The zero-order valence-electron chi connectivity index (χ0n) is 14.9. The number of likely N-dealkylation sites (N-methyl/N-ethyl adjacent to an activating group) is 1. The Balaban J connectivity index is 1.91. The number of nitrogens with one attached hydrogen (secondary N) is 1. The Morgan fingerprint density at radius 3 is 2.48 bits per heavy atom. The van der Waals surface area contributed by atoms with Crippen molar-refractivity contribution in [2.45, 2.75) is 27.0 Å². The van der Waals surface area contributed by atoms with E-state index in [0.29, 0.717) is 6.61 Å². The van der Waals surface area contributed by atoms with Crippen molar-refractivity contribution in [3.8, 4) is 5.75 Å². The van der Waals surface area contributed by atoms with Crippen molar-refractivity contribution in [1.82, 2.24) is 10.2 Å². The van der Waals surface area contributed by atoms with Crippen LogP contribution in [0.1, 0.15) is 25.0 Å². The van der Waals surface area contributed by atoms with E-state index in [1.807, 2.05) is 12.1 Å². The highest BCUT2D eigenvalue weighted by molar-refractivity contribution is 9.10. The van der Waals surface area contributed by atoms with Crippen LogP contribution in [0.3, 0.4) is 0 Å². The first-order chi connectivity index (χ1) is 12.1. The molecule has 1 N–H and O–H groups in total. The fourth-order valence-electron chi connectivity index (χ4n) is 2.57. The zero-order chi connectivity index (χ0) is 18.1. The van der Waals surface area contributed by atoms with Crippen LogP contribution in [0.4, 0.5) is 4.39 Å². The molecule has 0 saturated heterocycles. The van der Waals surface area contributed by atoms with Gasteiger partial charge in [0.25, 0.3) is 0 Å². The van der Waals surface area contributed by atoms with E-state index in [2.05, 4.69) is 46.1 Å². The number of ether oxygens (including phenoxy) is 1. The molecular weight excluding hydrogens is 383 g/mol. The molecule has 0 radical (unpaired) electrons. The lowest BCUT2D eigenvalue weighted by atomic mass is 10.2. The quantitative estimate of drug-likeness (QED) is 0.581.